The number of nitrogens with zero attached hydrogens (tertiary/aromatic N) is 1. The van der Waals surface area contributed by atoms with Crippen molar-refractivity contribution < 1.29 is 9.00 Å². The second-order valence-electron chi connectivity index (χ2n) is 5.27. The fraction of sp³-hybridized carbons (Fsp3) is 0.667. The molecule has 4 N–H and O–H groups in total. The number of aromatic nitrogens is 2. The molecule has 0 bridgehead atoms. The van der Waals surface area contributed by atoms with Crippen LogP contribution in [0.2, 0.25) is 0 Å². The second-order valence-corrected chi connectivity index (χ2v) is 6.97. The summed E-state index contributed by atoms with van der Waals surface area (Å²) in [7, 11) is -0.716. The van der Waals surface area contributed by atoms with Gasteiger partial charge < -0.3 is 11.1 Å². The molecule has 2 heterocycles. The summed E-state index contributed by atoms with van der Waals surface area (Å²) in [5.74, 6) is 1.55. The van der Waals surface area contributed by atoms with E-state index in [2.05, 4.69) is 15.5 Å². The summed E-state index contributed by atoms with van der Waals surface area (Å²) >= 11 is 0. The maximum Gasteiger partial charge on any atom is 0.274 e. The molecule has 1 aromatic heterocycles. The van der Waals surface area contributed by atoms with Crippen LogP contribution in [0.5, 0.6) is 0 Å². The van der Waals surface area contributed by atoms with Gasteiger partial charge in [0.1, 0.15) is 0 Å². The number of rotatable bonds is 3. The van der Waals surface area contributed by atoms with Gasteiger partial charge in [-0.1, -0.05) is 0 Å². The highest BCUT2D eigenvalue weighted by Gasteiger charge is 2.31. The van der Waals surface area contributed by atoms with E-state index in [1.807, 2.05) is 0 Å². The Morgan fingerprint density at radius 3 is 2.63 bits per heavy atom. The van der Waals surface area contributed by atoms with E-state index < -0.39 is 10.8 Å². The summed E-state index contributed by atoms with van der Waals surface area (Å²) in [6, 6.07) is 0.0886. The van der Waals surface area contributed by atoms with Gasteiger partial charge in [0.25, 0.3) is 5.91 Å². The van der Waals surface area contributed by atoms with E-state index >= 15 is 0 Å². The predicted molar refractivity (Wildman–Crippen MR) is 73.3 cm³/mol. The van der Waals surface area contributed by atoms with Gasteiger partial charge in [-0.15, -0.1) is 0 Å². The fourth-order valence-electron chi connectivity index (χ4n) is 2.41. The number of nitrogens with one attached hydrogen (secondary N) is 2. The zero-order valence-corrected chi connectivity index (χ0v) is 11.5. The van der Waals surface area contributed by atoms with Gasteiger partial charge in [0.2, 0.25) is 0 Å². The van der Waals surface area contributed by atoms with E-state index in [0.717, 1.165) is 31.4 Å². The summed E-state index contributed by atoms with van der Waals surface area (Å²) in [5.41, 5.74) is 7.65. The lowest BCUT2D eigenvalue weighted by Gasteiger charge is -2.22. The van der Waals surface area contributed by atoms with Crippen molar-refractivity contribution >= 4 is 22.4 Å². The molecule has 7 heteroatoms. The van der Waals surface area contributed by atoms with Crippen LogP contribution < -0.4 is 11.1 Å². The number of amides is 1. The van der Waals surface area contributed by atoms with Crippen LogP contribution in [-0.2, 0) is 10.8 Å². The number of H-pyrrole nitrogens is 1. The van der Waals surface area contributed by atoms with E-state index in [-0.39, 0.29) is 11.9 Å². The summed E-state index contributed by atoms with van der Waals surface area (Å²) in [6.45, 7) is 0. The second kappa shape index (κ2) is 4.96. The molecule has 1 amide bonds. The van der Waals surface area contributed by atoms with E-state index in [4.69, 9.17) is 5.73 Å². The van der Waals surface area contributed by atoms with Gasteiger partial charge in [0.05, 0.1) is 11.4 Å². The number of nitrogens with two attached hydrogens (primary N) is 1. The van der Waals surface area contributed by atoms with Crippen molar-refractivity contribution in [2.24, 2.45) is 0 Å². The van der Waals surface area contributed by atoms with E-state index in [9.17, 15) is 9.00 Å². The Morgan fingerprint density at radius 2 is 2.00 bits per heavy atom. The highest BCUT2D eigenvalue weighted by atomic mass is 32.2. The first-order chi connectivity index (χ1) is 9.15. The molecule has 3 rings (SSSR count). The van der Waals surface area contributed by atoms with Gasteiger partial charge in [-0.2, -0.15) is 5.10 Å². The summed E-state index contributed by atoms with van der Waals surface area (Å²) in [4.78, 5) is 12.1. The Kier molecular flexibility index (Phi) is 3.30. The Morgan fingerprint density at radius 1 is 1.32 bits per heavy atom. The number of anilines is 1. The number of hydrogen-bond acceptors (Lipinski definition) is 4. The molecule has 1 aliphatic carbocycles. The van der Waals surface area contributed by atoms with E-state index in [0.29, 0.717) is 28.8 Å². The lowest BCUT2D eigenvalue weighted by Crippen LogP contribution is -2.39. The number of carbonyl (C=O) groups excluding carboxylic acids is 1. The highest BCUT2D eigenvalue weighted by Crippen LogP contribution is 2.42. The third-order valence-corrected chi connectivity index (χ3v) is 5.14. The van der Waals surface area contributed by atoms with Crippen LogP contribution in [0.3, 0.4) is 0 Å². The first kappa shape index (κ1) is 12.7. The third-order valence-electron chi connectivity index (χ3n) is 3.76. The summed E-state index contributed by atoms with van der Waals surface area (Å²) in [6.07, 6.45) is 3.75. The predicted octanol–water partition coefficient (Wildman–Crippen LogP) is 0.510. The van der Waals surface area contributed by atoms with Crippen LogP contribution in [0.4, 0.5) is 5.69 Å². The molecule has 1 aliphatic heterocycles. The molecule has 0 spiro atoms. The van der Waals surface area contributed by atoms with Crippen molar-refractivity contribution in [3.63, 3.8) is 0 Å². The van der Waals surface area contributed by atoms with Gasteiger partial charge >= 0.3 is 0 Å². The quantitative estimate of drug-likeness (QED) is 0.752. The molecule has 0 unspecified atom stereocenters. The van der Waals surface area contributed by atoms with Crippen LogP contribution in [0.15, 0.2) is 0 Å². The maximum absolute atomic E-state index is 12.1. The van der Waals surface area contributed by atoms with E-state index in [1.165, 1.54) is 0 Å². The normalized spacial score (nSPS) is 27.2. The van der Waals surface area contributed by atoms with Gasteiger partial charge in [-0.05, 0) is 25.7 Å². The van der Waals surface area contributed by atoms with Gasteiger partial charge in [-0.3, -0.25) is 14.1 Å². The molecule has 19 heavy (non-hydrogen) atoms. The van der Waals surface area contributed by atoms with Crippen LogP contribution in [0.25, 0.3) is 0 Å². The summed E-state index contributed by atoms with van der Waals surface area (Å²) in [5, 5.41) is 9.85. The molecule has 1 saturated heterocycles. The number of aromatic amines is 1. The SMILES string of the molecule is Nc1c(C(=O)NC2CCS(=O)CC2)n[nH]c1C1CC1. The Bertz CT molecular complexity index is 514. The van der Waals surface area contributed by atoms with Crippen LogP contribution in [0, 0.1) is 0 Å². The molecule has 1 saturated carbocycles. The lowest BCUT2D eigenvalue weighted by atomic mass is 10.1. The Balaban J connectivity index is 1.65. The Hall–Kier alpha value is -1.37. The van der Waals surface area contributed by atoms with Crippen molar-refractivity contribution in [3.05, 3.63) is 11.4 Å². The summed E-state index contributed by atoms with van der Waals surface area (Å²) < 4.78 is 11.3. The standard InChI is InChI=1S/C12H18N4O2S/c13-9-10(7-1-2-7)15-16-11(9)12(17)14-8-3-5-19(18)6-4-8/h7-8H,1-6,13H2,(H,14,17)(H,15,16). The molecule has 0 radical (unpaired) electrons. The zero-order valence-electron chi connectivity index (χ0n) is 10.6. The van der Waals surface area contributed by atoms with Crippen molar-refractivity contribution in [1.29, 1.82) is 0 Å². The molecule has 104 valence electrons. The minimum Gasteiger partial charge on any atom is -0.395 e. The fourth-order valence-corrected chi connectivity index (χ4v) is 3.71. The zero-order chi connectivity index (χ0) is 13.4. The van der Waals surface area contributed by atoms with E-state index in [1.54, 1.807) is 0 Å². The molecule has 6 nitrogen and oxygen atoms in total. The smallest absolute Gasteiger partial charge is 0.274 e. The van der Waals surface area contributed by atoms with Crippen molar-refractivity contribution in [3.8, 4) is 0 Å². The van der Waals surface area contributed by atoms with Crippen molar-refractivity contribution in [2.75, 3.05) is 17.2 Å². The van der Waals surface area contributed by atoms with Crippen molar-refractivity contribution in [1.82, 2.24) is 15.5 Å². The van der Waals surface area contributed by atoms with Gasteiger partial charge in [-0.25, -0.2) is 0 Å². The topological polar surface area (TPSA) is 101 Å². The van der Waals surface area contributed by atoms with Crippen LogP contribution >= 0.6 is 0 Å². The number of hydrogen-bond donors (Lipinski definition) is 3. The Labute approximate surface area is 114 Å². The maximum atomic E-state index is 12.1. The van der Waals surface area contributed by atoms with Crippen LogP contribution in [-0.4, -0.2) is 37.9 Å². The molecule has 0 atom stereocenters. The first-order valence-corrected chi connectivity index (χ1v) is 8.13. The minimum absolute atomic E-state index is 0.0886. The third kappa shape index (κ3) is 2.65. The first-order valence-electron chi connectivity index (χ1n) is 6.64. The van der Waals surface area contributed by atoms with Gasteiger partial charge in [0.15, 0.2) is 5.69 Å². The number of nitrogen functional groups attached to an aromatic ring is 1. The molecule has 2 aliphatic rings. The highest BCUT2D eigenvalue weighted by molar-refractivity contribution is 7.85. The molecule has 2 fully saturated rings. The minimum atomic E-state index is -0.716. The molecule has 0 aromatic carbocycles. The number of carbonyl (C=O) groups is 1. The van der Waals surface area contributed by atoms with Crippen molar-refractivity contribution in [2.45, 2.75) is 37.6 Å². The van der Waals surface area contributed by atoms with Gasteiger partial charge in [0, 0.05) is 34.3 Å². The largest absolute Gasteiger partial charge is 0.395 e. The average Bonchev–Trinajstić information content (AvgIpc) is 3.15. The molecule has 1 aromatic rings. The lowest BCUT2D eigenvalue weighted by molar-refractivity contribution is 0.0930. The molecular formula is C12H18N4O2S. The van der Waals surface area contributed by atoms with Crippen LogP contribution in [0.1, 0.15) is 47.8 Å². The average molecular weight is 282 g/mol. The monoisotopic (exact) mass is 282 g/mol. The molecular weight excluding hydrogens is 264 g/mol.